The van der Waals surface area contributed by atoms with Crippen molar-refractivity contribution < 1.29 is 19.1 Å². The van der Waals surface area contributed by atoms with Gasteiger partial charge < -0.3 is 9.47 Å². The maximum absolute atomic E-state index is 12.0. The summed E-state index contributed by atoms with van der Waals surface area (Å²) in [6.07, 6.45) is 40.8. The lowest BCUT2D eigenvalue weighted by molar-refractivity contribution is -0.144. The molecule has 0 N–H and O–H groups in total. The number of hydrogen-bond acceptors (Lipinski definition) is 4. The molecule has 0 atom stereocenters. The van der Waals surface area contributed by atoms with Gasteiger partial charge in [0.15, 0.2) is 0 Å². The molecule has 0 aliphatic heterocycles. The largest absolute Gasteiger partial charge is 0.466 e. The first kappa shape index (κ1) is 45.9. The van der Waals surface area contributed by atoms with Gasteiger partial charge in [-0.3, -0.25) is 9.59 Å². The van der Waals surface area contributed by atoms with E-state index in [1.165, 1.54) is 154 Å². The van der Waals surface area contributed by atoms with E-state index < -0.39 is 0 Å². The molecule has 47 heavy (non-hydrogen) atoms. The highest BCUT2D eigenvalue weighted by molar-refractivity contribution is 5.69. The van der Waals surface area contributed by atoms with Crippen LogP contribution in [0.3, 0.4) is 0 Å². The van der Waals surface area contributed by atoms with Gasteiger partial charge in [-0.1, -0.05) is 201 Å². The number of unbranched alkanes of at least 4 members (excludes halogenated alkanes) is 26. The van der Waals surface area contributed by atoms with Gasteiger partial charge in [-0.25, -0.2) is 0 Å². The molecule has 0 unspecified atom stereocenters. The first-order valence-electron chi connectivity index (χ1n) is 21.2. The predicted molar refractivity (Wildman–Crippen MR) is 204 cm³/mol. The molecule has 0 aliphatic rings. The zero-order valence-electron chi connectivity index (χ0n) is 32.5. The lowest BCUT2D eigenvalue weighted by Crippen LogP contribution is -2.07. The minimum absolute atomic E-state index is 0.0876. The minimum Gasteiger partial charge on any atom is -0.466 e. The normalized spacial score (nSPS) is 11.5. The summed E-state index contributed by atoms with van der Waals surface area (Å²) in [6, 6.07) is 0. The average Bonchev–Trinajstić information content (AvgIpc) is 3.03. The molecule has 0 aromatic heterocycles. The fourth-order valence-corrected chi connectivity index (χ4v) is 6.43. The summed E-state index contributed by atoms with van der Waals surface area (Å²) in [5.41, 5.74) is 0. The molecule has 0 fully saturated rings. The van der Waals surface area contributed by atoms with E-state index in [4.69, 9.17) is 9.47 Å². The molecule has 0 aliphatic carbocycles. The molecule has 0 heterocycles. The van der Waals surface area contributed by atoms with Crippen LogP contribution in [0.5, 0.6) is 0 Å². The van der Waals surface area contributed by atoms with Crippen molar-refractivity contribution in [2.24, 2.45) is 11.8 Å². The van der Waals surface area contributed by atoms with Gasteiger partial charge in [-0.2, -0.15) is 0 Å². The molecule has 4 heteroatoms. The van der Waals surface area contributed by atoms with Crippen molar-refractivity contribution >= 4 is 11.9 Å². The second kappa shape index (κ2) is 37.8. The van der Waals surface area contributed by atoms with Crippen molar-refractivity contribution in [1.29, 1.82) is 0 Å². The molecule has 0 spiro atoms. The van der Waals surface area contributed by atoms with Crippen LogP contribution in [-0.4, -0.2) is 25.2 Å². The summed E-state index contributed by atoms with van der Waals surface area (Å²) in [5, 5.41) is 0. The monoisotopic (exact) mass is 665 g/mol. The third-order valence-electron chi connectivity index (χ3n) is 9.64. The van der Waals surface area contributed by atoms with Gasteiger partial charge in [0.05, 0.1) is 13.2 Å². The Balaban J connectivity index is 3.26. The molecule has 0 amide bonds. The van der Waals surface area contributed by atoms with Gasteiger partial charge in [-0.05, 0) is 37.5 Å². The predicted octanol–water partition coefficient (Wildman–Crippen LogP) is 14.3. The number of esters is 2. The third kappa shape index (κ3) is 41.0. The lowest BCUT2D eigenvalue weighted by atomic mass is 10.0. The third-order valence-corrected chi connectivity index (χ3v) is 9.64. The van der Waals surface area contributed by atoms with Crippen molar-refractivity contribution in [3.63, 3.8) is 0 Å². The topological polar surface area (TPSA) is 52.6 Å². The maximum Gasteiger partial charge on any atom is 0.305 e. The highest BCUT2D eigenvalue weighted by atomic mass is 16.5. The van der Waals surface area contributed by atoms with E-state index in [0.717, 1.165) is 56.8 Å². The van der Waals surface area contributed by atoms with E-state index in [2.05, 4.69) is 27.7 Å². The Morgan fingerprint density at radius 3 is 0.787 bits per heavy atom. The van der Waals surface area contributed by atoms with E-state index in [0.29, 0.717) is 26.1 Å². The standard InChI is InChI=1S/C43H84O4/c1-40(2)34-28-23-19-15-11-7-5-9-13-17-21-25-32-38-46-42(44)36-30-27-31-37-43(45)47-39-33-26-22-18-14-10-6-8-12-16-20-24-29-35-41(3)4/h40-41H,5-39H2,1-4H3. The van der Waals surface area contributed by atoms with Crippen molar-refractivity contribution in [2.75, 3.05) is 13.2 Å². The summed E-state index contributed by atoms with van der Waals surface area (Å²) in [5.74, 6) is 1.55. The number of hydrogen-bond donors (Lipinski definition) is 0. The molecule has 0 rings (SSSR count). The van der Waals surface area contributed by atoms with Gasteiger partial charge >= 0.3 is 11.9 Å². The highest BCUT2D eigenvalue weighted by Crippen LogP contribution is 2.16. The molecular formula is C43H84O4. The van der Waals surface area contributed by atoms with Crippen LogP contribution in [0.1, 0.15) is 240 Å². The maximum atomic E-state index is 12.0. The lowest BCUT2D eigenvalue weighted by Gasteiger charge is -2.06. The molecule has 0 aromatic rings. The zero-order valence-corrected chi connectivity index (χ0v) is 32.5. The van der Waals surface area contributed by atoms with E-state index >= 15 is 0 Å². The quantitative estimate of drug-likeness (QED) is 0.0487. The molecule has 0 radical (unpaired) electrons. The summed E-state index contributed by atoms with van der Waals surface area (Å²) < 4.78 is 10.8. The number of ether oxygens (including phenoxy) is 2. The molecular weight excluding hydrogens is 580 g/mol. The van der Waals surface area contributed by atoms with Crippen molar-refractivity contribution in [1.82, 2.24) is 0 Å². The summed E-state index contributed by atoms with van der Waals surface area (Å²) in [6.45, 7) is 10.4. The fourth-order valence-electron chi connectivity index (χ4n) is 6.43. The van der Waals surface area contributed by atoms with Crippen LogP contribution in [0, 0.1) is 11.8 Å². The molecule has 280 valence electrons. The van der Waals surface area contributed by atoms with Crippen molar-refractivity contribution in [2.45, 2.75) is 240 Å². The van der Waals surface area contributed by atoms with Gasteiger partial charge in [0.25, 0.3) is 0 Å². The number of carbonyl (C=O) groups excluding carboxylic acids is 2. The van der Waals surface area contributed by atoms with Gasteiger partial charge in [0, 0.05) is 12.8 Å². The van der Waals surface area contributed by atoms with Crippen molar-refractivity contribution in [3.05, 3.63) is 0 Å². The zero-order chi connectivity index (χ0) is 34.5. The Morgan fingerprint density at radius 1 is 0.319 bits per heavy atom. The minimum atomic E-state index is -0.0876. The molecule has 4 nitrogen and oxygen atoms in total. The summed E-state index contributed by atoms with van der Waals surface area (Å²) in [4.78, 5) is 23.9. The van der Waals surface area contributed by atoms with Crippen LogP contribution in [-0.2, 0) is 19.1 Å². The fraction of sp³-hybridized carbons (Fsp3) is 0.953. The summed E-state index contributed by atoms with van der Waals surface area (Å²) in [7, 11) is 0. The Bertz CT molecular complexity index is 590. The number of rotatable bonds is 38. The van der Waals surface area contributed by atoms with E-state index in [1.54, 1.807) is 0 Å². The van der Waals surface area contributed by atoms with E-state index in [-0.39, 0.29) is 11.9 Å². The van der Waals surface area contributed by atoms with Crippen LogP contribution in [0.15, 0.2) is 0 Å². The SMILES string of the molecule is CC(C)CCCCCCCCCCCCCCCOC(=O)CCCCCC(=O)OCCCCCCCCCCCCCCCC(C)C. The molecule has 0 saturated heterocycles. The Kier molecular flexibility index (Phi) is 36.9. The van der Waals surface area contributed by atoms with Gasteiger partial charge in [0.2, 0.25) is 0 Å². The van der Waals surface area contributed by atoms with Crippen molar-refractivity contribution in [3.8, 4) is 0 Å². The average molecular weight is 665 g/mol. The Labute approximate surface area is 295 Å². The summed E-state index contributed by atoms with van der Waals surface area (Å²) >= 11 is 0. The second-order valence-electron chi connectivity index (χ2n) is 15.6. The molecule has 0 saturated carbocycles. The van der Waals surface area contributed by atoms with Crippen LogP contribution in [0.4, 0.5) is 0 Å². The Hall–Kier alpha value is -1.06. The highest BCUT2D eigenvalue weighted by Gasteiger charge is 2.06. The first-order valence-corrected chi connectivity index (χ1v) is 21.2. The van der Waals surface area contributed by atoms with E-state index in [1.807, 2.05) is 0 Å². The second-order valence-corrected chi connectivity index (χ2v) is 15.6. The van der Waals surface area contributed by atoms with Crippen LogP contribution >= 0.6 is 0 Å². The molecule has 0 bridgehead atoms. The molecule has 0 aromatic carbocycles. The number of carbonyl (C=O) groups is 2. The van der Waals surface area contributed by atoms with Gasteiger partial charge in [-0.15, -0.1) is 0 Å². The smallest absolute Gasteiger partial charge is 0.305 e. The van der Waals surface area contributed by atoms with Gasteiger partial charge in [0.1, 0.15) is 0 Å². The van der Waals surface area contributed by atoms with E-state index in [9.17, 15) is 9.59 Å². The first-order chi connectivity index (χ1) is 22.9. The van der Waals surface area contributed by atoms with Crippen LogP contribution < -0.4 is 0 Å². The van der Waals surface area contributed by atoms with Crippen LogP contribution in [0.2, 0.25) is 0 Å². The Morgan fingerprint density at radius 2 is 0.532 bits per heavy atom. The van der Waals surface area contributed by atoms with Crippen LogP contribution in [0.25, 0.3) is 0 Å².